The maximum atomic E-state index is 12.1. The predicted octanol–water partition coefficient (Wildman–Crippen LogP) is 2.28. The van der Waals surface area contributed by atoms with Crippen molar-refractivity contribution in [2.75, 3.05) is 69.3 Å². The second kappa shape index (κ2) is 12.9. The highest BCUT2D eigenvalue weighted by atomic mass is 16.5. The standard InChI is InChI=1S/C31H36N8O4/c1-21(40)30(41)39-7-6-22(16-39)17-43-28-13-23(15-32)12-24(14-28)29-33-20-34-31(36-29)35-25-2-4-26(5-3-25)37-8-10-38(11-9-37)27-18-42-19-27/h2-5,12-14,20-22,27,40H,6-11,16-19H2,1H3,(H,33,34,35,36). The van der Waals surface area contributed by atoms with Crippen LogP contribution in [0, 0.1) is 17.2 Å². The Hall–Kier alpha value is -4.31. The summed E-state index contributed by atoms with van der Waals surface area (Å²) >= 11 is 0. The maximum absolute atomic E-state index is 12.1. The first-order chi connectivity index (χ1) is 20.9. The molecule has 224 valence electrons. The van der Waals surface area contributed by atoms with E-state index in [9.17, 15) is 15.2 Å². The fraction of sp³-hybridized carbons (Fsp3) is 0.452. The smallest absolute Gasteiger partial charge is 0.251 e. The minimum atomic E-state index is -1.01. The molecule has 12 nitrogen and oxygen atoms in total. The molecule has 3 saturated heterocycles. The molecule has 1 amide bonds. The highest BCUT2D eigenvalue weighted by Crippen LogP contribution is 2.27. The van der Waals surface area contributed by atoms with Gasteiger partial charge >= 0.3 is 0 Å². The Labute approximate surface area is 250 Å². The minimum absolute atomic E-state index is 0.142. The first kappa shape index (κ1) is 28.8. The number of ether oxygens (including phenoxy) is 2. The van der Waals surface area contributed by atoms with Gasteiger partial charge in [0.05, 0.1) is 37.5 Å². The molecule has 3 aliphatic rings. The van der Waals surface area contributed by atoms with Gasteiger partial charge in [0.15, 0.2) is 5.82 Å². The minimum Gasteiger partial charge on any atom is -0.493 e. The highest BCUT2D eigenvalue weighted by Gasteiger charge is 2.30. The number of aliphatic hydroxyl groups is 1. The molecule has 2 unspecified atom stereocenters. The van der Waals surface area contributed by atoms with Gasteiger partial charge in [0.2, 0.25) is 5.95 Å². The summed E-state index contributed by atoms with van der Waals surface area (Å²) in [4.78, 5) is 31.9. The number of benzene rings is 2. The SMILES string of the molecule is CC(O)C(=O)N1CCC(COc2cc(C#N)cc(-c3ncnc(Nc4ccc(N5CCN(C6COC6)CC5)cc4)n3)c2)C1. The van der Waals surface area contributed by atoms with Crippen LogP contribution in [0.3, 0.4) is 0 Å². The Kier molecular flexibility index (Phi) is 8.64. The summed E-state index contributed by atoms with van der Waals surface area (Å²) in [5, 5.41) is 22.5. The van der Waals surface area contributed by atoms with E-state index in [0.29, 0.717) is 54.4 Å². The molecule has 2 N–H and O–H groups in total. The molecule has 4 heterocycles. The van der Waals surface area contributed by atoms with E-state index in [4.69, 9.17) is 9.47 Å². The predicted molar refractivity (Wildman–Crippen MR) is 160 cm³/mol. The number of aliphatic hydroxyl groups excluding tert-OH is 1. The van der Waals surface area contributed by atoms with Crippen LogP contribution in [0.25, 0.3) is 11.4 Å². The zero-order valence-corrected chi connectivity index (χ0v) is 24.2. The van der Waals surface area contributed by atoms with Crippen LogP contribution in [0.4, 0.5) is 17.3 Å². The number of carbonyl (C=O) groups is 1. The number of carbonyl (C=O) groups excluding carboxylic acids is 1. The van der Waals surface area contributed by atoms with Gasteiger partial charge in [-0.15, -0.1) is 0 Å². The van der Waals surface area contributed by atoms with E-state index in [1.54, 1.807) is 23.1 Å². The number of aromatic nitrogens is 3. The number of rotatable bonds is 9. The van der Waals surface area contributed by atoms with E-state index in [2.05, 4.69) is 48.3 Å². The summed E-state index contributed by atoms with van der Waals surface area (Å²) in [7, 11) is 0. The van der Waals surface area contributed by atoms with Crippen molar-refractivity contribution in [1.82, 2.24) is 24.8 Å². The molecule has 3 aromatic rings. The van der Waals surface area contributed by atoms with Crippen molar-refractivity contribution in [3.05, 3.63) is 54.4 Å². The molecule has 0 saturated carbocycles. The van der Waals surface area contributed by atoms with Gasteiger partial charge in [-0.25, -0.2) is 9.97 Å². The fourth-order valence-corrected chi connectivity index (χ4v) is 5.68. The van der Waals surface area contributed by atoms with Crippen LogP contribution in [-0.4, -0.2) is 107 Å². The molecule has 0 radical (unpaired) electrons. The number of hydrogen-bond acceptors (Lipinski definition) is 11. The summed E-state index contributed by atoms with van der Waals surface area (Å²) in [6.45, 7) is 8.80. The highest BCUT2D eigenvalue weighted by molar-refractivity contribution is 5.80. The van der Waals surface area contributed by atoms with E-state index in [1.165, 1.54) is 18.9 Å². The van der Waals surface area contributed by atoms with Crippen molar-refractivity contribution in [2.45, 2.75) is 25.5 Å². The second-order valence-electron chi connectivity index (χ2n) is 11.3. The van der Waals surface area contributed by atoms with E-state index >= 15 is 0 Å². The van der Waals surface area contributed by atoms with Gasteiger partial charge in [0.1, 0.15) is 18.2 Å². The Morgan fingerprint density at radius 1 is 1.14 bits per heavy atom. The van der Waals surface area contributed by atoms with Gasteiger partial charge in [0.25, 0.3) is 5.91 Å². The van der Waals surface area contributed by atoms with Crippen LogP contribution in [0.5, 0.6) is 5.75 Å². The number of anilines is 3. The maximum Gasteiger partial charge on any atom is 0.251 e. The summed E-state index contributed by atoms with van der Waals surface area (Å²) in [5.41, 5.74) is 3.12. The summed E-state index contributed by atoms with van der Waals surface area (Å²) in [6.07, 6.45) is 1.23. The van der Waals surface area contributed by atoms with Crippen molar-refractivity contribution in [2.24, 2.45) is 5.92 Å². The lowest BCUT2D eigenvalue weighted by molar-refractivity contribution is -0.138. The van der Waals surface area contributed by atoms with Crippen LogP contribution in [0.15, 0.2) is 48.8 Å². The largest absolute Gasteiger partial charge is 0.493 e. The van der Waals surface area contributed by atoms with Crippen LogP contribution in [0.1, 0.15) is 18.9 Å². The van der Waals surface area contributed by atoms with Gasteiger partial charge in [-0.2, -0.15) is 10.2 Å². The lowest BCUT2D eigenvalue weighted by Crippen LogP contribution is -2.56. The van der Waals surface area contributed by atoms with Gasteiger partial charge in [-0.3, -0.25) is 9.69 Å². The third-order valence-corrected chi connectivity index (χ3v) is 8.25. The number of piperazine rings is 1. The van der Waals surface area contributed by atoms with Crippen LogP contribution in [0.2, 0.25) is 0 Å². The van der Waals surface area contributed by atoms with Gasteiger partial charge in [-0.05, 0) is 55.8 Å². The first-order valence-electron chi connectivity index (χ1n) is 14.7. The first-order valence-corrected chi connectivity index (χ1v) is 14.7. The molecule has 0 bridgehead atoms. The summed E-state index contributed by atoms with van der Waals surface area (Å²) < 4.78 is 11.4. The number of nitriles is 1. The third kappa shape index (κ3) is 6.85. The number of likely N-dealkylation sites (tertiary alicyclic amines) is 1. The van der Waals surface area contributed by atoms with Crippen molar-refractivity contribution in [3.8, 4) is 23.2 Å². The molecule has 6 rings (SSSR count). The normalized spacial score (nSPS) is 19.9. The van der Waals surface area contributed by atoms with E-state index in [0.717, 1.165) is 51.5 Å². The van der Waals surface area contributed by atoms with Crippen LogP contribution in [-0.2, 0) is 9.53 Å². The van der Waals surface area contributed by atoms with Gasteiger partial charge < -0.3 is 29.7 Å². The topological polar surface area (TPSA) is 140 Å². The van der Waals surface area contributed by atoms with Gasteiger partial charge in [-0.1, -0.05) is 0 Å². The second-order valence-corrected chi connectivity index (χ2v) is 11.3. The Morgan fingerprint density at radius 2 is 1.93 bits per heavy atom. The van der Waals surface area contributed by atoms with E-state index in [-0.39, 0.29) is 11.8 Å². The summed E-state index contributed by atoms with van der Waals surface area (Å²) in [5.74, 6) is 1.22. The van der Waals surface area contributed by atoms with Gasteiger partial charge in [0, 0.05) is 62.1 Å². The Morgan fingerprint density at radius 3 is 2.63 bits per heavy atom. The van der Waals surface area contributed by atoms with Crippen molar-refractivity contribution < 1.29 is 19.4 Å². The van der Waals surface area contributed by atoms with Crippen molar-refractivity contribution in [1.29, 1.82) is 5.26 Å². The number of nitrogens with one attached hydrogen (secondary N) is 1. The van der Waals surface area contributed by atoms with Crippen LogP contribution < -0.4 is 15.0 Å². The molecule has 3 aliphatic heterocycles. The average molecular weight is 585 g/mol. The molecule has 2 aromatic carbocycles. The zero-order valence-electron chi connectivity index (χ0n) is 24.2. The lowest BCUT2D eigenvalue weighted by atomic mass is 10.1. The Bertz CT molecular complexity index is 1470. The van der Waals surface area contributed by atoms with Crippen molar-refractivity contribution in [3.63, 3.8) is 0 Å². The molecule has 0 spiro atoms. The number of nitrogens with zero attached hydrogens (tertiary/aromatic N) is 7. The average Bonchev–Trinajstić information content (AvgIpc) is 3.48. The molecule has 43 heavy (non-hydrogen) atoms. The third-order valence-electron chi connectivity index (χ3n) is 8.25. The fourth-order valence-electron chi connectivity index (χ4n) is 5.68. The molecule has 12 heteroatoms. The molecular weight excluding hydrogens is 548 g/mol. The van der Waals surface area contributed by atoms with E-state index < -0.39 is 6.10 Å². The molecule has 3 fully saturated rings. The van der Waals surface area contributed by atoms with Crippen molar-refractivity contribution >= 4 is 23.2 Å². The quantitative estimate of drug-likeness (QED) is 0.383. The zero-order chi connectivity index (χ0) is 29.8. The molecule has 0 aliphatic carbocycles. The molecule has 1 aromatic heterocycles. The van der Waals surface area contributed by atoms with Crippen LogP contribution >= 0.6 is 0 Å². The number of hydrogen-bond donors (Lipinski definition) is 2. The molecular formula is C31H36N8O4. The van der Waals surface area contributed by atoms with E-state index in [1.807, 2.05) is 12.1 Å². The summed E-state index contributed by atoms with van der Waals surface area (Å²) in [6, 6.07) is 16.2. The lowest BCUT2D eigenvalue weighted by Gasteiger charge is -2.43. The monoisotopic (exact) mass is 584 g/mol. The molecule has 2 atom stereocenters. The number of amides is 1. The Balaban J connectivity index is 1.08.